The van der Waals surface area contributed by atoms with Crippen molar-refractivity contribution >= 4 is 11.9 Å². The van der Waals surface area contributed by atoms with Crippen molar-refractivity contribution in [3.63, 3.8) is 0 Å². The summed E-state index contributed by atoms with van der Waals surface area (Å²) in [5.41, 5.74) is 0. The molecule has 0 unspecified atom stereocenters. The highest BCUT2D eigenvalue weighted by molar-refractivity contribution is 5.84. The third-order valence-corrected chi connectivity index (χ3v) is 4.88. The summed E-state index contributed by atoms with van der Waals surface area (Å²) in [4.78, 5) is 24.4. The van der Waals surface area contributed by atoms with E-state index >= 15 is 0 Å². The number of carbonyl (C=O) groups excluding carboxylic acids is 2. The van der Waals surface area contributed by atoms with Crippen LogP contribution in [-0.2, 0) is 14.3 Å². The summed E-state index contributed by atoms with van der Waals surface area (Å²) in [7, 11) is 1.42. The SMILES string of the molecule is COC(=O)[C@@H]1CCCCC[C@@H]1NC(=O)[C@H]1C[C@H]1c1ccco1. The minimum atomic E-state index is -0.211. The van der Waals surface area contributed by atoms with E-state index in [4.69, 9.17) is 9.15 Å². The largest absolute Gasteiger partial charge is 0.469 e. The van der Waals surface area contributed by atoms with Gasteiger partial charge in [-0.1, -0.05) is 19.3 Å². The van der Waals surface area contributed by atoms with Gasteiger partial charge in [-0.15, -0.1) is 0 Å². The Balaban J connectivity index is 1.60. The van der Waals surface area contributed by atoms with Crippen molar-refractivity contribution in [3.05, 3.63) is 24.2 Å². The standard InChI is InChI=1S/C17H23NO4/c1-21-17(20)11-6-3-2-4-7-14(11)18-16(19)13-10-12(13)15-8-5-9-22-15/h5,8-9,11-14H,2-4,6-7,10H2,1H3,(H,18,19)/t11-,12-,13+,14+/m1/s1. The smallest absolute Gasteiger partial charge is 0.310 e. The number of amides is 1. The van der Waals surface area contributed by atoms with Crippen molar-refractivity contribution in [2.24, 2.45) is 11.8 Å². The summed E-state index contributed by atoms with van der Waals surface area (Å²) in [6.45, 7) is 0. The van der Waals surface area contributed by atoms with Crippen LogP contribution in [0.15, 0.2) is 22.8 Å². The molecule has 0 radical (unpaired) electrons. The van der Waals surface area contributed by atoms with Crippen LogP contribution in [0.2, 0.25) is 0 Å². The van der Waals surface area contributed by atoms with Gasteiger partial charge in [-0.25, -0.2) is 0 Å². The van der Waals surface area contributed by atoms with E-state index in [-0.39, 0.29) is 35.7 Å². The molecule has 1 aromatic heterocycles. The van der Waals surface area contributed by atoms with Crippen molar-refractivity contribution in [3.8, 4) is 0 Å². The molecule has 2 aliphatic rings. The van der Waals surface area contributed by atoms with Gasteiger partial charge in [0.25, 0.3) is 0 Å². The van der Waals surface area contributed by atoms with Gasteiger partial charge >= 0.3 is 5.97 Å². The minimum absolute atomic E-state index is 0.0206. The summed E-state index contributed by atoms with van der Waals surface area (Å²) in [6.07, 6.45) is 7.29. The Hall–Kier alpha value is -1.78. The Morgan fingerprint density at radius 1 is 1.23 bits per heavy atom. The molecule has 5 nitrogen and oxygen atoms in total. The zero-order valence-electron chi connectivity index (χ0n) is 12.9. The molecular formula is C17H23NO4. The first-order valence-electron chi connectivity index (χ1n) is 8.12. The van der Waals surface area contributed by atoms with Gasteiger partial charge in [0.15, 0.2) is 0 Å². The van der Waals surface area contributed by atoms with Gasteiger partial charge in [0.2, 0.25) is 5.91 Å². The normalized spacial score (nSPS) is 31.1. The van der Waals surface area contributed by atoms with Crippen molar-refractivity contribution in [2.75, 3.05) is 7.11 Å². The molecule has 0 saturated heterocycles. The highest BCUT2D eigenvalue weighted by Crippen LogP contribution is 2.47. The van der Waals surface area contributed by atoms with Gasteiger partial charge in [0, 0.05) is 17.9 Å². The fraction of sp³-hybridized carbons (Fsp3) is 0.647. The fourth-order valence-corrected chi connectivity index (χ4v) is 3.51. The first kappa shape index (κ1) is 15.1. The number of ether oxygens (including phenoxy) is 1. The first-order chi connectivity index (χ1) is 10.7. The number of rotatable bonds is 4. The Bertz CT molecular complexity index is 525. The molecule has 22 heavy (non-hydrogen) atoms. The number of carbonyl (C=O) groups is 2. The molecule has 2 fully saturated rings. The summed E-state index contributed by atoms with van der Waals surface area (Å²) in [6, 6.07) is 3.67. The summed E-state index contributed by atoms with van der Waals surface area (Å²) < 4.78 is 10.3. The monoisotopic (exact) mass is 305 g/mol. The average Bonchev–Trinajstić information content (AvgIpc) is 3.21. The van der Waals surface area contributed by atoms with Gasteiger partial charge in [0.05, 0.1) is 19.3 Å². The van der Waals surface area contributed by atoms with E-state index in [9.17, 15) is 9.59 Å². The van der Waals surface area contributed by atoms with Crippen LogP contribution in [-0.4, -0.2) is 25.0 Å². The van der Waals surface area contributed by atoms with Crippen LogP contribution >= 0.6 is 0 Å². The Kier molecular flexibility index (Phi) is 4.50. The molecule has 2 saturated carbocycles. The molecule has 5 heteroatoms. The maximum absolute atomic E-state index is 12.4. The molecular weight excluding hydrogens is 282 g/mol. The molecule has 0 bridgehead atoms. The van der Waals surface area contributed by atoms with E-state index in [0.29, 0.717) is 0 Å². The van der Waals surface area contributed by atoms with Crippen molar-refractivity contribution in [1.29, 1.82) is 0 Å². The topological polar surface area (TPSA) is 68.5 Å². The Morgan fingerprint density at radius 3 is 2.77 bits per heavy atom. The number of furan rings is 1. The molecule has 1 heterocycles. The molecule has 120 valence electrons. The molecule has 2 aliphatic carbocycles. The molecule has 0 spiro atoms. The summed E-state index contributed by atoms with van der Waals surface area (Å²) in [5, 5.41) is 3.10. The quantitative estimate of drug-likeness (QED) is 0.686. The van der Waals surface area contributed by atoms with E-state index < -0.39 is 0 Å². The highest BCUT2D eigenvalue weighted by Gasteiger charge is 2.47. The van der Waals surface area contributed by atoms with Crippen LogP contribution in [0.1, 0.15) is 50.2 Å². The molecule has 0 aromatic carbocycles. The molecule has 3 rings (SSSR count). The van der Waals surface area contributed by atoms with Gasteiger partial charge in [-0.2, -0.15) is 0 Å². The summed E-state index contributed by atoms with van der Waals surface area (Å²) >= 11 is 0. The van der Waals surface area contributed by atoms with Crippen LogP contribution < -0.4 is 5.32 Å². The van der Waals surface area contributed by atoms with E-state index in [0.717, 1.165) is 44.3 Å². The lowest BCUT2D eigenvalue weighted by Gasteiger charge is -2.24. The molecule has 4 atom stereocenters. The average molecular weight is 305 g/mol. The van der Waals surface area contributed by atoms with Gasteiger partial charge < -0.3 is 14.5 Å². The molecule has 1 amide bonds. The second-order valence-corrected chi connectivity index (χ2v) is 6.35. The van der Waals surface area contributed by atoms with Crippen molar-refractivity contribution in [2.45, 2.75) is 50.5 Å². The fourth-order valence-electron chi connectivity index (χ4n) is 3.51. The second-order valence-electron chi connectivity index (χ2n) is 6.35. The Labute approximate surface area is 130 Å². The van der Waals surface area contributed by atoms with Crippen molar-refractivity contribution < 1.29 is 18.7 Å². The first-order valence-corrected chi connectivity index (χ1v) is 8.12. The summed E-state index contributed by atoms with van der Waals surface area (Å²) in [5.74, 6) is 0.681. The molecule has 0 aliphatic heterocycles. The van der Waals surface area contributed by atoms with Gasteiger partial charge in [-0.05, 0) is 31.4 Å². The van der Waals surface area contributed by atoms with E-state index in [2.05, 4.69) is 5.32 Å². The zero-order chi connectivity index (χ0) is 15.5. The maximum atomic E-state index is 12.4. The third kappa shape index (κ3) is 3.18. The predicted molar refractivity (Wildman–Crippen MR) is 80.1 cm³/mol. The van der Waals surface area contributed by atoms with Crippen LogP contribution in [0.25, 0.3) is 0 Å². The lowest BCUT2D eigenvalue weighted by atomic mass is 9.94. The number of methoxy groups -OCH3 is 1. The van der Waals surface area contributed by atoms with E-state index in [1.54, 1.807) is 6.26 Å². The number of hydrogen-bond acceptors (Lipinski definition) is 4. The number of esters is 1. The van der Waals surface area contributed by atoms with Gasteiger partial charge in [0.1, 0.15) is 5.76 Å². The van der Waals surface area contributed by atoms with Crippen LogP contribution in [0, 0.1) is 11.8 Å². The minimum Gasteiger partial charge on any atom is -0.469 e. The number of nitrogens with one attached hydrogen (secondary N) is 1. The Morgan fingerprint density at radius 2 is 2.05 bits per heavy atom. The molecule has 1 N–H and O–H groups in total. The lowest BCUT2D eigenvalue weighted by Crippen LogP contribution is -2.44. The van der Waals surface area contributed by atoms with Gasteiger partial charge in [-0.3, -0.25) is 9.59 Å². The van der Waals surface area contributed by atoms with Crippen molar-refractivity contribution in [1.82, 2.24) is 5.32 Å². The predicted octanol–water partition coefficient (Wildman–Crippen LogP) is 2.62. The zero-order valence-corrected chi connectivity index (χ0v) is 12.9. The van der Waals surface area contributed by atoms with Crippen LogP contribution in [0.4, 0.5) is 0 Å². The second kappa shape index (κ2) is 6.55. The molecule has 1 aromatic rings. The third-order valence-electron chi connectivity index (χ3n) is 4.88. The lowest BCUT2D eigenvalue weighted by molar-refractivity contribution is -0.147. The highest BCUT2D eigenvalue weighted by atomic mass is 16.5. The van der Waals surface area contributed by atoms with E-state index in [1.807, 2.05) is 12.1 Å². The maximum Gasteiger partial charge on any atom is 0.310 e. The van der Waals surface area contributed by atoms with E-state index in [1.165, 1.54) is 7.11 Å². The van der Waals surface area contributed by atoms with Crippen LogP contribution in [0.5, 0.6) is 0 Å². The number of hydrogen-bond donors (Lipinski definition) is 1. The van der Waals surface area contributed by atoms with Crippen LogP contribution in [0.3, 0.4) is 0 Å².